The second-order valence-corrected chi connectivity index (χ2v) is 8.60. The van der Waals surface area contributed by atoms with Crippen LogP contribution >= 0.6 is 0 Å². The lowest BCUT2D eigenvalue weighted by Gasteiger charge is -2.20. The molecule has 0 aliphatic rings. The van der Waals surface area contributed by atoms with E-state index in [-0.39, 0.29) is 21.8 Å². The standard InChI is InChI=1S/C17H20FN5O3S/c1-17(2,3)21-22-27(25,26)13-8-15(23(4)10-13)16(24)20-12-5-6-14(18)11(7-12)9-19/h5-8,10,21-22H,1-4H3,(H,20,24). The van der Waals surface area contributed by atoms with E-state index in [1.165, 1.54) is 36.0 Å². The van der Waals surface area contributed by atoms with Gasteiger partial charge in [0.2, 0.25) is 0 Å². The predicted molar refractivity (Wildman–Crippen MR) is 97.7 cm³/mol. The van der Waals surface area contributed by atoms with Crippen molar-refractivity contribution < 1.29 is 17.6 Å². The zero-order valence-corrected chi connectivity index (χ0v) is 16.1. The number of hydrogen-bond donors (Lipinski definition) is 3. The molecule has 2 rings (SSSR count). The number of anilines is 1. The van der Waals surface area contributed by atoms with Crippen LogP contribution in [0.15, 0.2) is 35.4 Å². The van der Waals surface area contributed by atoms with E-state index in [0.717, 1.165) is 6.07 Å². The molecule has 0 saturated heterocycles. The van der Waals surface area contributed by atoms with Gasteiger partial charge in [-0.15, -0.1) is 4.83 Å². The number of carbonyl (C=O) groups is 1. The fourth-order valence-electron chi connectivity index (χ4n) is 2.07. The van der Waals surface area contributed by atoms with Crippen molar-refractivity contribution in [2.75, 3.05) is 5.32 Å². The Morgan fingerprint density at radius 1 is 1.26 bits per heavy atom. The van der Waals surface area contributed by atoms with Gasteiger partial charge in [-0.25, -0.2) is 18.2 Å². The molecule has 3 N–H and O–H groups in total. The molecule has 2 aromatic rings. The van der Waals surface area contributed by atoms with Crippen LogP contribution in [-0.4, -0.2) is 24.4 Å². The number of halogens is 1. The number of carbonyl (C=O) groups excluding carboxylic acids is 1. The van der Waals surface area contributed by atoms with E-state index in [9.17, 15) is 17.6 Å². The lowest BCUT2D eigenvalue weighted by atomic mass is 10.1. The minimum Gasteiger partial charge on any atom is -0.345 e. The molecule has 0 fully saturated rings. The van der Waals surface area contributed by atoms with E-state index >= 15 is 0 Å². The Hall–Kier alpha value is -2.74. The van der Waals surface area contributed by atoms with Crippen molar-refractivity contribution in [2.45, 2.75) is 31.2 Å². The molecular formula is C17H20FN5O3S. The van der Waals surface area contributed by atoms with E-state index in [1.54, 1.807) is 26.8 Å². The molecule has 1 heterocycles. The molecule has 0 aliphatic heterocycles. The lowest BCUT2D eigenvalue weighted by molar-refractivity contribution is 0.101. The Balaban J connectivity index is 2.23. The van der Waals surface area contributed by atoms with Crippen LogP contribution in [0.1, 0.15) is 36.8 Å². The highest BCUT2D eigenvalue weighted by Crippen LogP contribution is 2.17. The zero-order chi connectivity index (χ0) is 20.4. The van der Waals surface area contributed by atoms with Gasteiger partial charge in [0.15, 0.2) is 0 Å². The number of rotatable bonds is 5. The molecule has 0 atom stereocenters. The third-order valence-corrected chi connectivity index (χ3v) is 4.64. The number of aryl methyl sites for hydroxylation is 1. The number of hydrazine groups is 1. The Morgan fingerprint density at radius 2 is 1.93 bits per heavy atom. The van der Waals surface area contributed by atoms with Crippen LogP contribution in [0.2, 0.25) is 0 Å². The molecule has 1 amide bonds. The summed E-state index contributed by atoms with van der Waals surface area (Å²) in [6.07, 6.45) is 1.30. The predicted octanol–water partition coefficient (Wildman–Crippen LogP) is 1.87. The molecule has 1 aromatic carbocycles. The van der Waals surface area contributed by atoms with E-state index in [2.05, 4.69) is 15.6 Å². The highest BCUT2D eigenvalue weighted by Gasteiger charge is 2.22. The zero-order valence-electron chi connectivity index (χ0n) is 15.3. The summed E-state index contributed by atoms with van der Waals surface area (Å²) in [6.45, 7) is 5.37. The number of hydrogen-bond acceptors (Lipinski definition) is 5. The first-order chi connectivity index (χ1) is 12.4. The number of nitriles is 1. The SMILES string of the molecule is Cn1cc(S(=O)(=O)NNC(C)(C)C)cc1C(=O)Nc1ccc(F)c(C#N)c1. The van der Waals surface area contributed by atoms with Crippen molar-refractivity contribution in [3.8, 4) is 6.07 Å². The fraction of sp³-hybridized carbons (Fsp3) is 0.294. The van der Waals surface area contributed by atoms with E-state index in [4.69, 9.17) is 5.26 Å². The van der Waals surface area contributed by atoms with Crippen LogP contribution in [0.25, 0.3) is 0 Å². The molecule has 0 spiro atoms. The van der Waals surface area contributed by atoms with Gasteiger partial charge >= 0.3 is 0 Å². The molecule has 0 saturated carbocycles. The van der Waals surface area contributed by atoms with Crippen LogP contribution in [0.3, 0.4) is 0 Å². The second-order valence-electron chi connectivity index (χ2n) is 6.91. The lowest BCUT2D eigenvalue weighted by Crippen LogP contribution is -2.48. The Morgan fingerprint density at radius 3 is 2.52 bits per heavy atom. The smallest absolute Gasteiger partial charge is 0.272 e. The summed E-state index contributed by atoms with van der Waals surface area (Å²) in [5.74, 6) is -1.29. The highest BCUT2D eigenvalue weighted by atomic mass is 32.2. The van der Waals surface area contributed by atoms with Gasteiger partial charge in [-0.05, 0) is 45.0 Å². The van der Waals surface area contributed by atoms with Crippen LogP contribution in [0.4, 0.5) is 10.1 Å². The van der Waals surface area contributed by atoms with Crippen molar-refractivity contribution >= 4 is 21.6 Å². The van der Waals surface area contributed by atoms with Crippen LogP contribution in [-0.2, 0) is 17.1 Å². The minimum atomic E-state index is -3.87. The minimum absolute atomic E-state index is 0.0777. The normalized spacial score (nSPS) is 11.9. The third kappa shape index (κ3) is 5.13. The number of amides is 1. The summed E-state index contributed by atoms with van der Waals surface area (Å²) < 4.78 is 39.4. The molecular weight excluding hydrogens is 373 g/mol. The van der Waals surface area contributed by atoms with Crippen molar-refractivity contribution in [1.29, 1.82) is 5.26 Å². The average Bonchev–Trinajstić information content (AvgIpc) is 2.97. The van der Waals surface area contributed by atoms with Gasteiger partial charge in [0.1, 0.15) is 22.5 Å². The van der Waals surface area contributed by atoms with Gasteiger partial charge in [-0.2, -0.15) is 5.26 Å². The van der Waals surface area contributed by atoms with Gasteiger partial charge in [0, 0.05) is 24.5 Å². The maximum atomic E-state index is 13.4. The first-order valence-electron chi connectivity index (χ1n) is 7.89. The van der Waals surface area contributed by atoms with Gasteiger partial charge < -0.3 is 9.88 Å². The summed E-state index contributed by atoms with van der Waals surface area (Å²) in [5, 5.41) is 11.4. The topological polar surface area (TPSA) is 116 Å². The van der Waals surface area contributed by atoms with Gasteiger partial charge in [0.25, 0.3) is 15.9 Å². The molecule has 27 heavy (non-hydrogen) atoms. The van der Waals surface area contributed by atoms with Gasteiger partial charge in [-0.1, -0.05) is 0 Å². The number of aromatic nitrogens is 1. The second kappa shape index (κ2) is 7.48. The highest BCUT2D eigenvalue weighted by molar-refractivity contribution is 7.89. The molecule has 0 aliphatic carbocycles. The van der Waals surface area contributed by atoms with E-state index in [0.29, 0.717) is 0 Å². The van der Waals surface area contributed by atoms with Crippen molar-refractivity contribution in [2.24, 2.45) is 7.05 Å². The number of sulfonamides is 1. The number of nitrogens with one attached hydrogen (secondary N) is 3. The molecule has 0 bridgehead atoms. The Labute approximate surface area is 157 Å². The largest absolute Gasteiger partial charge is 0.345 e. The maximum Gasteiger partial charge on any atom is 0.272 e. The summed E-state index contributed by atoms with van der Waals surface area (Å²) >= 11 is 0. The maximum absolute atomic E-state index is 13.4. The third-order valence-electron chi connectivity index (χ3n) is 3.43. The Kier molecular flexibility index (Phi) is 5.70. The first kappa shape index (κ1) is 20.6. The molecule has 10 heteroatoms. The van der Waals surface area contributed by atoms with Gasteiger partial charge in [-0.3, -0.25) is 4.79 Å². The quantitative estimate of drug-likeness (QED) is 0.671. The van der Waals surface area contributed by atoms with Crippen molar-refractivity contribution in [3.63, 3.8) is 0 Å². The monoisotopic (exact) mass is 393 g/mol. The van der Waals surface area contributed by atoms with Crippen LogP contribution in [0, 0.1) is 17.1 Å². The van der Waals surface area contributed by atoms with E-state index < -0.39 is 27.3 Å². The van der Waals surface area contributed by atoms with E-state index in [1.807, 2.05) is 0 Å². The summed E-state index contributed by atoms with van der Waals surface area (Å²) in [5.41, 5.74) is 2.27. The number of benzene rings is 1. The summed E-state index contributed by atoms with van der Waals surface area (Å²) in [7, 11) is -2.35. The number of nitrogens with zero attached hydrogens (tertiary/aromatic N) is 2. The molecule has 8 nitrogen and oxygen atoms in total. The van der Waals surface area contributed by atoms with Gasteiger partial charge in [0.05, 0.1) is 5.56 Å². The van der Waals surface area contributed by atoms with Crippen LogP contribution < -0.4 is 15.6 Å². The molecule has 1 aromatic heterocycles. The van der Waals surface area contributed by atoms with Crippen molar-refractivity contribution in [3.05, 3.63) is 47.5 Å². The summed E-state index contributed by atoms with van der Waals surface area (Å²) in [6, 6.07) is 6.48. The van der Waals surface area contributed by atoms with Crippen LogP contribution in [0.5, 0.6) is 0 Å². The fourth-order valence-corrected chi connectivity index (χ4v) is 3.19. The Bertz CT molecular complexity index is 1020. The average molecular weight is 393 g/mol. The molecule has 0 radical (unpaired) electrons. The summed E-state index contributed by atoms with van der Waals surface area (Å²) in [4.78, 5) is 14.6. The molecule has 0 unspecified atom stereocenters. The first-order valence-corrected chi connectivity index (χ1v) is 9.37. The van der Waals surface area contributed by atoms with Crippen molar-refractivity contribution in [1.82, 2.24) is 14.8 Å². The molecule has 144 valence electrons.